The van der Waals surface area contributed by atoms with Gasteiger partial charge in [-0.1, -0.05) is 38.1 Å². The molecule has 0 saturated carbocycles. The van der Waals surface area contributed by atoms with Gasteiger partial charge < -0.3 is 10.4 Å². The summed E-state index contributed by atoms with van der Waals surface area (Å²) in [6.07, 6.45) is 1.71. The van der Waals surface area contributed by atoms with Crippen molar-refractivity contribution in [1.82, 2.24) is 5.32 Å². The van der Waals surface area contributed by atoms with Crippen LogP contribution in [0.2, 0.25) is 0 Å². The molecule has 0 radical (unpaired) electrons. The van der Waals surface area contributed by atoms with Crippen LogP contribution in [0.4, 0.5) is 0 Å². The number of hydrogen-bond acceptors (Lipinski definition) is 2. The average Bonchev–Trinajstić information content (AvgIpc) is 2.36. The number of hydrogen-bond donors (Lipinski definition) is 2. The van der Waals surface area contributed by atoms with Crippen molar-refractivity contribution in [3.8, 4) is 0 Å². The molecule has 0 spiro atoms. The third-order valence-electron chi connectivity index (χ3n) is 2.74. The Kier molecular flexibility index (Phi) is 5.70. The maximum Gasteiger partial charge on any atom is 0.220 e. The van der Waals surface area contributed by atoms with Crippen LogP contribution in [-0.2, 0) is 11.2 Å². The van der Waals surface area contributed by atoms with E-state index < -0.39 is 6.10 Å². The third kappa shape index (κ3) is 4.57. The maximum atomic E-state index is 11.3. The molecule has 3 heteroatoms. The van der Waals surface area contributed by atoms with E-state index in [-0.39, 0.29) is 12.5 Å². The molecule has 0 aromatic heterocycles. The number of aliphatic hydroxyl groups excluding tert-OH is 1. The molecule has 0 saturated heterocycles. The Hall–Kier alpha value is -1.35. The van der Waals surface area contributed by atoms with Gasteiger partial charge in [-0.25, -0.2) is 0 Å². The topological polar surface area (TPSA) is 49.3 Å². The van der Waals surface area contributed by atoms with Crippen molar-refractivity contribution in [2.24, 2.45) is 0 Å². The van der Waals surface area contributed by atoms with Crippen LogP contribution in [0.1, 0.15) is 43.9 Å². The molecule has 17 heavy (non-hydrogen) atoms. The van der Waals surface area contributed by atoms with E-state index in [9.17, 15) is 9.90 Å². The Balaban J connectivity index is 2.46. The molecule has 0 aliphatic rings. The molecule has 1 aromatic carbocycles. The molecule has 94 valence electrons. The van der Waals surface area contributed by atoms with Crippen LogP contribution in [0.15, 0.2) is 24.3 Å². The van der Waals surface area contributed by atoms with Crippen molar-refractivity contribution < 1.29 is 9.90 Å². The summed E-state index contributed by atoms with van der Waals surface area (Å²) in [4.78, 5) is 11.3. The fraction of sp³-hybridized carbons (Fsp3) is 0.500. The van der Waals surface area contributed by atoms with Crippen LogP contribution in [0, 0.1) is 0 Å². The first-order valence-electron chi connectivity index (χ1n) is 6.21. The Morgan fingerprint density at radius 3 is 2.47 bits per heavy atom. The highest BCUT2D eigenvalue weighted by Crippen LogP contribution is 2.13. The van der Waals surface area contributed by atoms with Gasteiger partial charge in [-0.3, -0.25) is 4.79 Å². The van der Waals surface area contributed by atoms with Gasteiger partial charge in [-0.15, -0.1) is 0 Å². The summed E-state index contributed by atoms with van der Waals surface area (Å²) in [7, 11) is 0. The van der Waals surface area contributed by atoms with Crippen molar-refractivity contribution in [3.63, 3.8) is 0 Å². The molecule has 0 bridgehead atoms. The molecule has 1 rings (SSSR count). The number of carbonyl (C=O) groups is 1. The van der Waals surface area contributed by atoms with Crippen molar-refractivity contribution >= 4 is 5.91 Å². The highest BCUT2D eigenvalue weighted by molar-refractivity contribution is 5.75. The number of aliphatic hydroxyl groups is 1. The molecule has 0 aliphatic heterocycles. The van der Waals surface area contributed by atoms with E-state index >= 15 is 0 Å². The number of rotatable bonds is 6. The van der Waals surface area contributed by atoms with E-state index in [4.69, 9.17) is 0 Å². The molecule has 0 fully saturated rings. The quantitative estimate of drug-likeness (QED) is 0.794. The van der Waals surface area contributed by atoms with Gasteiger partial charge in [0.25, 0.3) is 0 Å². The molecule has 1 aromatic rings. The van der Waals surface area contributed by atoms with Gasteiger partial charge in [0.2, 0.25) is 5.91 Å². The lowest BCUT2D eigenvalue weighted by Gasteiger charge is -2.12. The van der Waals surface area contributed by atoms with Crippen molar-refractivity contribution in [2.75, 3.05) is 6.54 Å². The fourth-order valence-corrected chi connectivity index (χ4v) is 1.62. The van der Waals surface area contributed by atoms with Crippen LogP contribution < -0.4 is 5.32 Å². The molecule has 2 N–H and O–H groups in total. The Bertz CT molecular complexity index is 346. The average molecular weight is 235 g/mol. The minimum atomic E-state index is -0.623. The zero-order valence-electron chi connectivity index (χ0n) is 10.6. The molecule has 0 aliphatic carbocycles. The van der Waals surface area contributed by atoms with Crippen LogP contribution >= 0.6 is 0 Å². The number of amides is 1. The molecule has 1 amide bonds. The monoisotopic (exact) mass is 235 g/mol. The summed E-state index contributed by atoms with van der Waals surface area (Å²) in [5, 5.41) is 12.6. The lowest BCUT2D eigenvalue weighted by molar-refractivity contribution is -0.121. The number of aryl methyl sites for hydroxylation is 1. The van der Waals surface area contributed by atoms with Crippen molar-refractivity contribution in [2.45, 2.75) is 39.2 Å². The first-order chi connectivity index (χ1) is 8.17. The Labute approximate surface area is 103 Å². The van der Waals surface area contributed by atoms with Gasteiger partial charge in [0.1, 0.15) is 0 Å². The van der Waals surface area contributed by atoms with Crippen LogP contribution in [0.25, 0.3) is 0 Å². The standard InChI is InChI=1S/C14H21NO2/c1-3-5-14(17)15-10-13(16)12-8-6-11(4-2)7-9-12/h6-9,13,16H,3-5,10H2,1-2H3,(H,15,17). The van der Waals surface area contributed by atoms with Gasteiger partial charge in [-0.05, 0) is 24.0 Å². The van der Waals surface area contributed by atoms with Gasteiger partial charge in [0.05, 0.1) is 6.10 Å². The predicted molar refractivity (Wildman–Crippen MR) is 68.7 cm³/mol. The zero-order valence-corrected chi connectivity index (χ0v) is 10.6. The molecule has 0 heterocycles. The highest BCUT2D eigenvalue weighted by atomic mass is 16.3. The van der Waals surface area contributed by atoms with Gasteiger partial charge >= 0.3 is 0 Å². The summed E-state index contributed by atoms with van der Waals surface area (Å²) >= 11 is 0. The first kappa shape index (κ1) is 13.7. The van der Waals surface area contributed by atoms with Crippen LogP contribution in [0.5, 0.6) is 0 Å². The van der Waals surface area contributed by atoms with Crippen LogP contribution in [0.3, 0.4) is 0 Å². The minimum absolute atomic E-state index is 0.00303. The summed E-state index contributed by atoms with van der Waals surface area (Å²) in [5.41, 5.74) is 2.09. The predicted octanol–water partition coefficient (Wildman–Crippen LogP) is 2.20. The Morgan fingerprint density at radius 2 is 1.94 bits per heavy atom. The van der Waals surface area contributed by atoms with E-state index in [0.29, 0.717) is 6.42 Å². The van der Waals surface area contributed by atoms with E-state index in [1.54, 1.807) is 0 Å². The number of carbonyl (C=O) groups excluding carboxylic acids is 1. The minimum Gasteiger partial charge on any atom is -0.387 e. The van der Waals surface area contributed by atoms with E-state index in [1.807, 2.05) is 31.2 Å². The van der Waals surface area contributed by atoms with Crippen molar-refractivity contribution in [3.05, 3.63) is 35.4 Å². The fourth-order valence-electron chi connectivity index (χ4n) is 1.62. The van der Waals surface area contributed by atoms with Crippen molar-refractivity contribution in [1.29, 1.82) is 0 Å². The SMILES string of the molecule is CCCC(=O)NCC(O)c1ccc(CC)cc1. The summed E-state index contributed by atoms with van der Waals surface area (Å²) in [6, 6.07) is 7.84. The summed E-state index contributed by atoms with van der Waals surface area (Å²) in [5.74, 6) is -0.00303. The van der Waals surface area contributed by atoms with Crippen LogP contribution in [-0.4, -0.2) is 17.6 Å². The van der Waals surface area contributed by atoms with E-state index in [1.165, 1.54) is 5.56 Å². The normalized spacial score (nSPS) is 12.2. The second-order valence-electron chi connectivity index (χ2n) is 4.17. The lowest BCUT2D eigenvalue weighted by Crippen LogP contribution is -2.27. The summed E-state index contributed by atoms with van der Waals surface area (Å²) < 4.78 is 0. The summed E-state index contributed by atoms with van der Waals surface area (Å²) in [6.45, 7) is 4.33. The smallest absolute Gasteiger partial charge is 0.220 e. The van der Waals surface area contributed by atoms with Gasteiger partial charge in [0, 0.05) is 13.0 Å². The van der Waals surface area contributed by atoms with E-state index in [0.717, 1.165) is 18.4 Å². The number of nitrogens with one attached hydrogen (secondary N) is 1. The molecule has 3 nitrogen and oxygen atoms in total. The van der Waals surface area contributed by atoms with Gasteiger partial charge in [0.15, 0.2) is 0 Å². The molecular formula is C14H21NO2. The van der Waals surface area contributed by atoms with Gasteiger partial charge in [-0.2, -0.15) is 0 Å². The second-order valence-corrected chi connectivity index (χ2v) is 4.17. The molecule has 1 unspecified atom stereocenters. The third-order valence-corrected chi connectivity index (χ3v) is 2.74. The Morgan fingerprint density at radius 1 is 1.29 bits per heavy atom. The second kappa shape index (κ2) is 7.07. The largest absolute Gasteiger partial charge is 0.387 e. The highest BCUT2D eigenvalue weighted by Gasteiger charge is 2.08. The number of benzene rings is 1. The van der Waals surface area contributed by atoms with E-state index in [2.05, 4.69) is 12.2 Å². The lowest BCUT2D eigenvalue weighted by atomic mass is 10.1. The molecular weight excluding hydrogens is 214 g/mol. The first-order valence-corrected chi connectivity index (χ1v) is 6.21. The maximum absolute atomic E-state index is 11.3. The zero-order chi connectivity index (χ0) is 12.7. The molecule has 1 atom stereocenters.